The van der Waals surface area contributed by atoms with Gasteiger partial charge in [-0.25, -0.2) is 9.97 Å². The zero-order chi connectivity index (χ0) is 14.0. The first kappa shape index (κ1) is 14.7. The molecule has 1 aliphatic carbocycles. The molecule has 0 N–H and O–H groups in total. The highest BCUT2D eigenvalue weighted by Gasteiger charge is 2.39. The van der Waals surface area contributed by atoms with Crippen molar-refractivity contribution in [3.05, 3.63) is 22.2 Å². The van der Waals surface area contributed by atoms with Crippen molar-refractivity contribution in [1.29, 1.82) is 0 Å². The Bertz CT molecular complexity index is 464. The lowest BCUT2D eigenvalue weighted by Crippen LogP contribution is -2.36. The van der Waals surface area contributed by atoms with Crippen LogP contribution in [-0.2, 0) is 16.8 Å². The predicted octanol–water partition coefficient (Wildman–Crippen LogP) is 4.05. The van der Waals surface area contributed by atoms with E-state index in [2.05, 4.69) is 18.8 Å². The highest BCUT2D eigenvalue weighted by atomic mass is 35.5. The molecule has 0 bridgehead atoms. The third-order valence-corrected chi connectivity index (χ3v) is 4.64. The molecule has 1 fully saturated rings. The predicted molar refractivity (Wildman–Crippen MR) is 77.5 cm³/mol. The van der Waals surface area contributed by atoms with Gasteiger partial charge < -0.3 is 4.74 Å². The van der Waals surface area contributed by atoms with Gasteiger partial charge in [0.1, 0.15) is 10.8 Å². The van der Waals surface area contributed by atoms with Crippen LogP contribution < -0.4 is 0 Å². The normalized spacial score (nSPS) is 27.5. The topological polar surface area (TPSA) is 35.0 Å². The smallest absolute Gasteiger partial charge is 0.162 e. The lowest BCUT2D eigenvalue weighted by atomic mass is 9.78. The van der Waals surface area contributed by atoms with Crippen molar-refractivity contribution in [2.75, 3.05) is 7.11 Å². The standard InChI is InChI=1S/C15H23ClN2O/c1-5-12-11(3)13(16)18-14(17-12)15(19-4)8-6-7-10(2)9-15/h10H,5-9H2,1-4H3. The summed E-state index contributed by atoms with van der Waals surface area (Å²) in [6, 6.07) is 0. The maximum absolute atomic E-state index is 6.27. The molecule has 4 heteroatoms. The summed E-state index contributed by atoms with van der Waals surface area (Å²) in [5, 5.41) is 0.566. The molecule has 2 rings (SSSR count). The van der Waals surface area contributed by atoms with Gasteiger partial charge >= 0.3 is 0 Å². The molecule has 0 aromatic carbocycles. The van der Waals surface area contributed by atoms with Crippen LogP contribution in [-0.4, -0.2) is 17.1 Å². The summed E-state index contributed by atoms with van der Waals surface area (Å²) in [7, 11) is 1.76. The minimum atomic E-state index is -0.348. The van der Waals surface area contributed by atoms with Gasteiger partial charge in [-0.3, -0.25) is 0 Å². The molecular formula is C15H23ClN2O. The van der Waals surface area contributed by atoms with Crippen LogP contribution in [0.4, 0.5) is 0 Å². The number of ether oxygens (including phenoxy) is 1. The van der Waals surface area contributed by atoms with Gasteiger partial charge in [-0.1, -0.05) is 31.9 Å². The van der Waals surface area contributed by atoms with Gasteiger partial charge in [-0.2, -0.15) is 0 Å². The summed E-state index contributed by atoms with van der Waals surface area (Å²) in [5.41, 5.74) is 1.67. The van der Waals surface area contributed by atoms with E-state index in [0.717, 1.165) is 42.8 Å². The van der Waals surface area contributed by atoms with E-state index in [1.165, 1.54) is 6.42 Å². The van der Waals surface area contributed by atoms with Crippen LogP contribution in [0.2, 0.25) is 5.15 Å². The second-order valence-corrected chi connectivity index (χ2v) is 6.02. The number of methoxy groups -OCH3 is 1. The summed E-state index contributed by atoms with van der Waals surface area (Å²) in [4.78, 5) is 9.24. The molecule has 0 saturated heterocycles. The largest absolute Gasteiger partial charge is 0.370 e. The van der Waals surface area contributed by atoms with Gasteiger partial charge in [0.2, 0.25) is 0 Å². The lowest BCUT2D eigenvalue weighted by molar-refractivity contribution is -0.0647. The Kier molecular flexibility index (Phi) is 4.46. The number of aromatic nitrogens is 2. The Morgan fingerprint density at radius 3 is 2.74 bits per heavy atom. The maximum atomic E-state index is 6.27. The van der Waals surface area contributed by atoms with Crippen LogP contribution in [0.15, 0.2) is 0 Å². The Hall–Kier alpha value is -0.670. The number of hydrogen-bond acceptors (Lipinski definition) is 3. The Morgan fingerprint density at radius 2 is 2.16 bits per heavy atom. The van der Waals surface area contributed by atoms with E-state index >= 15 is 0 Å². The van der Waals surface area contributed by atoms with Crippen LogP contribution in [0.5, 0.6) is 0 Å². The summed E-state index contributed by atoms with van der Waals surface area (Å²) >= 11 is 6.27. The zero-order valence-electron chi connectivity index (χ0n) is 12.3. The van der Waals surface area contributed by atoms with Gasteiger partial charge in [0.15, 0.2) is 5.82 Å². The van der Waals surface area contributed by atoms with Crippen LogP contribution in [0, 0.1) is 12.8 Å². The zero-order valence-corrected chi connectivity index (χ0v) is 13.0. The summed E-state index contributed by atoms with van der Waals surface area (Å²) in [6.45, 7) is 6.34. The molecule has 0 aliphatic heterocycles. The van der Waals surface area contributed by atoms with Crippen molar-refractivity contribution in [3.63, 3.8) is 0 Å². The van der Waals surface area contributed by atoms with E-state index in [1.54, 1.807) is 7.11 Å². The van der Waals surface area contributed by atoms with Crippen molar-refractivity contribution in [3.8, 4) is 0 Å². The van der Waals surface area contributed by atoms with Gasteiger partial charge in [0, 0.05) is 18.4 Å². The van der Waals surface area contributed by atoms with E-state index in [-0.39, 0.29) is 5.60 Å². The lowest BCUT2D eigenvalue weighted by Gasteiger charge is -2.37. The number of nitrogens with zero attached hydrogens (tertiary/aromatic N) is 2. The minimum Gasteiger partial charge on any atom is -0.370 e. The summed E-state index contributed by atoms with van der Waals surface area (Å²) in [5.74, 6) is 1.41. The second kappa shape index (κ2) is 5.76. The van der Waals surface area contributed by atoms with Crippen molar-refractivity contribution >= 4 is 11.6 Å². The van der Waals surface area contributed by atoms with Crippen LogP contribution in [0.3, 0.4) is 0 Å². The Balaban J connectivity index is 2.46. The van der Waals surface area contributed by atoms with Gasteiger partial charge in [-0.15, -0.1) is 0 Å². The summed E-state index contributed by atoms with van der Waals surface area (Å²) in [6.07, 6.45) is 5.25. The second-order valence-electron chi connectivity index (χ2n) is 5.66. The number of hydrogen-bond donors (Lipinski definition) is 0. The fraction of sp³-hybridized carbons (Fsp3) is 0.733. The number of aryl methyl sites for hydroxylation is 1. The molecule has 2 unspecified atom stereocenters. The van der Waals surface area contributed by atoms with Crippen LogP contribution in [0.1, 0.15) is 56.6 Å². The molecule has 1 aromatic heterocycles. The molecule has 0 radical (unpaired) electrons. The third-order valence-electron chi connectivity index (χ3n) is 4.28. The molecule has 1 saturated carbocycles. The molecule has 0 spiro atoms. The molecular weight excluding hydrogens is 260 g/mol. The fourth-order valence-corrected chi connectivity index (χ4v) is 3.25. The van der Waals surface area contributed by atoms with Crippen molar-refractivity contribution in [2.24, 2.45) is 5.92 Å². The first-order valence-electron chi connectivity index (χ1n) is 7.11. The molecule has 2 atom stereocenters. The monoisotopic (exact) mass is 282 g/mol. The highest BCUT2D eigenvalue weighted by Crippen LogP contribution is 2.41. The SMILES string of the molecule is CCc1nc(C2(OC)CCCC(C)C2)nc(Cl)c1C. The quantitative estimate of drug-likeness (QED) is 0.785. The first-order chi connectivity index (χ1) is 9.02. The molecule has 0 amide bonds. The minimum absolute atomic E-state index is 0.348. The average molecular weight is 283 g/mol. The van der Waals surface area contributed by atoms with Gasteiger partial charge in [0.25, 0.3) is 0 Å². The maximum Gasteiger partial charge on any atom is 0.162 e. The van der Waals surface area contributed by atoms with Crippen molar-refractivity contribution < 1.29 is 4.74 Å². The van der Waals surface area contributed by atoms with E-state index in [9.17, 15) is 0 Å². The van der Waals surface area contributed by atoms with E-state index < -0.39 is 0 Å². The number of rotatable bonds is 3. The molecule has 19 heavy (non-hydrogen) atoms. The Morgan fingerprint density at radius 1 is 1.42 bits per heavy atom. The van der Waals surface area contributed by atoms with E-state index in [4.69, 9.17) is 21.3 Å². The average Bonchev–Trinajstić information content (AvgIpc) is 2.41. The number of halogens is 1. The molecule has 1 aliphatic rings. The summed E-state index contributed by atoms with van der Waals surface area (Å²) < 4.78 is 5.85. The van der Waals surface area contributed by atoms with Gasteiger partial charge in [-0.05, 0) is 38.5 Å². The Labute approximate surface area is 120 Å². The first-order valence-corrected chi connectivity index (χ1v) is 7.49. The fourth-order valence-electron chi connectivity index (χ4n) is 3.06. The highest BCUT2D eigenvalue weighted by molar-refractivity contribution is 6.30. The molecule has 1 heterocycles. The molecule has 106 valence electrons. The van der Waals surface area contributed by atoms with E-state index in [0.29, 0.717) is 11.1 Å². The van der Waals surface area contributed by atoms with E-state index in [1.807, 2.05) is 6.92 Å². The molecule has 1 aromatic rings. The molecule has 3 nitrogen and oxygen atoms in total. The van der Waals surface area contributed by atoms with Crippen molar-refractivity contribution in [1.82, 2.24) is 9.97 Å². The third kappa shape index (κ3) is 2.77. The van der Waals surface area contributed by atoms with Crippen LogP contribution in [0.25, 0.3) is 0 Å². The van der Waals surface area contributed by atoms with Crippen LogP contribution >= 0.6 is 11.6 Å². The van der Waals surface area contributed by atoms with Crippen molar-refractivity contribution in [2.45, 2.75) is 58.5 Å². The van der Waals surface area contributed by atoms with Gasteiger partial charge in [0.05, 0.1) is 0 Å².